The van der Waals surface area contributed by atoms with Gasteiger partial charge in [-0.1, -0.05) is 116 Å². The van der Waals surface area contributed by atoms with E-state index in [9.17, 15) is 0 Å². The molecule has 0 spiro atoms. The van der Waals surface area contributed by atoms with Crippen LogP contribution in [-0.4, -0.2) is 0 Å². The Hall–Kier alpha value is -0.260. The summed E-state index contributed by atoms with van der Waals surface area (Å²) < 4.78 is 0. The summed E-state index contributed by atoms with van der Waals surface area (Å²) in [6.07, 6.45) is 26.5. The van der Waals surface area contributed by atoms with E-state index in [2.05, 4.69) is 26.5 Å². The zero-order valence-corrected chi connectivity index (χ0v) is 15.9. The van der Waals surface area contributed by atoms with Crippen molar-refractivity contribution in [3.05, 3.63) is 12.7 Å². The SMILES string of the molecule is C=CC(CCC)CCCCCCCCCCCCCCCC. The maximum Gasteiger partial charge on any atom is -0.0236 e. The van der Waals surface area contributed by atoms with Gasteiger partial charge in [0.25, 0.3) is 0 Å². The van der Waals surface area contributed by atoms with Crippen LogP contribution in [0.15, 0.2) is 12.7 Å². The van der Waals surface area contributed by atoms with Crippen molar-refractivity contribution in [2.75, 3.05) is 0 Å². The Morgan fingerprint density at radius 1 is 0.545 bits per heavy atom. The largest absolute Gasteiger partial charge is 0.103 e. The summed E-state index contributed by atoms with van der Waals surface area (Å²) in [4.78, 5) is 0. The number of rotatable bonds is 18. The van der Waals surface area contributed by atoms with Crippen LogP contribution in [0, 0.1) is 5.92 Å². The molecule has 0 aliphatic rings. The second-order valence-corrected chi connectivity index (χ2v) is 7.17. The fraction of sp³-hybridized carbons (Fsp3) is 0.909. The molecule has 0 rings (SSSR count). The number of hydrogen-bond acceptors (Lipinski definition) is 0. The standard InChI is InChI=1S/C22H44/c1-4-7-8-9-10-11-12-13-14-15-16-17-18-19-21-22(6-3)20-5-2/h6,22H,3-5,7-21H2,1-2H3. The highest BCUT2D eigenvalue weighted by atomic mass is 14.1. The van der Waals surface area contributed by atoms with Crippen LogP contribution in [0.4, 0.5) is 0 Å². The third-order valence-electron chi connectivity index (χ3n) is 4.92. The van der Waals surface area contributed by atoms with Crippen LogP contribution >= 0.6 is 0 Å². The van der Waals surface area contributed by atoms with Gasteiger partial charge in [-0.05, 0) is 18.8 Å². The van der Waals surface area contributed by atoms with E-state index in [0.29, 0.717) is 0 Å². The van der Waals surface area contributed by atoms with Crippen molar-refractivity contribution in [3.8, 4) is 0 Å². The monoisotopic (exact) mass is 308 g/mol. The zero-order valence-electron chi connectivity index (χ0n) is 15.9. The van der Waals surface area contributed by atoms with E-state index in [4.69, 9.17) is 0 Å². The number of allylic oxidation sites excluding steroid dienone is 1. The van der Waals surface area contributed by atoms with Crippen molar-refractivity contribution in [1.29, 1.82) is 0 Å². The molecule has 0 aliphatic carbocycles. The molecule has 0 heterocycles. The van der Waals surface area contributed by atoms with Crippen LogP contribution in [0.25, 0.3) is 0 Å². The molecule has 0 aromatic carbocycles. The van der Waals surface area contributed by atoms with Gasteiger partial charge in [0.1, 0.15) is 0 Å². The van der Waals surface area contributed by atoms with Gasteiger partial charge in [0.2, 0.25) is 0 Å². The molecule has 1 atom stereocenters. The van der Waals surface area contributed by atoms with E-state index in [0.717, 1.165) is 5.92 Å². The van der Waals surface area contributed by atoms with Crippen LogP contribution in [0.3, 0.4) is 0 Å². The van der Waals surface area contributed by atoms with Gasteiger partial charge in [-0.15, -0.1) is 6.58 Å². The van der Waals surface area contributed by atoms with Crippen LogP contribution in [-0.2, 0) is 0 Å². The van der Waals surface area contributed by atoms with E-state index >= 15 is 0 Å². The summed E-state index contributed by atoms with van der Waals surface area (Å²) in [5.74, 6) is 0.780. The summed E-state index contributed by atoms with van der Waals surface area (Å²) in [5, 5.41) is 0. The van der Waals surface area contributed by atoms with Gasteiger partial charge in [-0.25, -0.2) is 0 Å². The molecule has 0 nitrogen and oxygen atoms in total. The first kappa shape index (κ1) is 21.7. The molecule has 0 bridgehead atoms. The molecule has 0 amide bonds. The number of unbranched alkanes of at least 4 members (excludes halogenated alkanes) is 13. The maximum absolute atomic E-state index is 3.96. The Balaban J connectivity index is 3.09. The predicted molar refractivity (Wildman–Crippen MR) is 104 cm³/mol. The minimum absolute atomic E-state index is 0.780. The molecule has 0 heteroatoms. The van der Waals surface area contributed by atoms with E-state index in [1.165, 1.54) is 109 Å². The smallest absolute Gasteiger partial charge is 0.0236 e. The molecule has 0 N–H and O–H groups in total. The lowest BCUT2D eigenvalue weighted by molar-refractivity contribution is 0.484. The van der Waals surface area contributed by atoms with Crippen molar-refractivity contribution in [3.63, 3.8) is 0 Å². The Labute approximate surface area is 142 Å². The minimum Gasteiger partial charge on any atom is -0.103 e. The second-order valence-electron chi connectivity index (χ2n) is 7.17. The zero-order chi connectivity index (χ0) is 16.3. The van der Waals surface area contributed by atoms with E-state index in [-0.39, 0.29) is 0 Å². The van der Waals surface area contributed by atoms with Crippen molar-refractivity contribution >= 4 is 0 Å². The minimum atomic E-state index is 0.780. The lowest BCUT2D eigenvalue weighted by Crippen LogP contribution is -1.95. The molecule has 1 unspecified atom stereocenters. The molecule has 0 aliphatic heterocycles. The van der Waals surface area contributed by atoms with Crippen LogP contribution < -0.4 is 0 Å². The highest BCUT2D eigenvalue weighted by Gasteiger charge is 2.02. The van der Waals surface area contributed by atoms with E-state index < -0.39 is 0 Å². The van der Waals surface area contributed by atoms with Gasteiger partial charge in [0, 0.05) is 0 Å². The Bertz CT molecular complexity index is 206. The molecule has 0 fully saturated rings. The van der Waals surface area contributed by atoms with Crippen molar-refractivity contribution in [2.45, 2.75) is 123 Å². The fourth-order valence-corrected chi connectivity index (χ4v) is 3.35. The Morgan fingerprint density at radius 3 is 1.32 bits per heavy atom. The number of hydrogen-bond donors (Lipinski definition) is 0. The molecular formula is C22H44. The second kappa shape index (κ2) is 18.8. The summed E-state index contributed by atoms with van der Waals surface area (Å²) >= 11 is 0. The third-order valence-corrected chi connectivity index (χ3v) is 4.92. The van der Waals surface area contributed by atoms with Gasteiger partial charge >= 0.3 is 0 Å². The van der Waals surface area contributed by atoms with Gasteiger partial charge in [0.15, 0.2) is 0 Å². The average Bonchev–Trinajstić information content (AvgIpc) is 2.54. The first-order valence-electron chi connectivity index (χ1n) is 10.5. The normalized spacial score (nSPS) is 12.5. The molecule has 0 aromatic rings. The first-order chi connectivity index (χ1) is 10.8. The first-order valence-corrected chi connectivity index (χ1v) is 10.5. The fourth-order valence-electron chi connectivity index (χ4n) is 3.35. The highest BCUT2D eigenvalue weighted by molar-refractivity contribution is 4.78. The van der Waals surface area contributed by atoms with Gasteiger partial charge < -0.3 is 0 Å². The summed E-state index contributed by atoms with van der Waals surface area (Å²) in [6, 6.07) is 0. The van der Waals surface area contributed by atoms with Crippen LogP contribution in [0.5, 0.6) is 0 Å². The van der Waals surface area contributed by atoms with E-state index in [1.807, 2.05) is 0 Å². The van der Waals surface area contributed by atoms with Crippen molar-refractivity contribution < 1.29 is 0 Å². The predicted octanol–water partition coefficient (Wildman–Crippen LogP) is 8.46. The van der Waals surface area contributed by atoms with Crippen molar-refractivity contribution in [1.82, 2.24) is 0 Å². The van der Waals surface area contributed by atoms with E-state index in [1.54, 1.807) is 0 Å². The molecule has 0 saturated heterocycles. The van der Waals surface area contributed by atoms with Gasteiger partial charge in [0.05, 0.1) is 0 Å². The van der Waals surface area contributed by atoms with Gasteiger partial charge in [-0.3, -0.25) is 0 Å². The summed E-state index contributed by atoms with van der Waals surface area (Å²) in [6.45, 7) is 8.54. The Kier molecular flexibility index (Phi) is 18.6. The average molecular weight is 309 g/mol. The van der Waals surface area contributed by atoms with Crippen LogP contribution in [0.1, 0.15) is 123 Å². The maximum atomic E-state index is 3.96. The molecule has 22 heavy (non-hydrogen) atoms. The lowest BCUT2D eigenvalue weighted by Gasteiger charge is -2.10. The molecule has 132 valence electrons. The molecular weight excluding hydrogens is 264 g/mol. The quantitative estimate of drug-likeness (QED) is 0.176. The highest BCUT2D eigenvalue weighted by Crippen LogP contribution is 2.18. The molecule has 0 radical (unpaired) electrons. The summed E-state index contributed by atoms with van der Waals surface area (Å²) in [5.41, 5.74) is 0. The topological polar surface area (TPSA) is 0 Å². The van der Waals surface area contributed by atoms with Crippen LogP contribution in [0.2, 0.25) is 0 Å². The van der Waals surface area contributed by atoms with Gasteiger partial charge in [-0.2, -0.15) is 0 Å². The summed E-state index contributed by atoms with van der Waals surface area (Å²) in [7, 11) is 0. The van der Waals surface area contributed by atoms with Crippen molar-refractivity contribution in [2.24, 2.45) is 5.92 Å². The Morgan fingerprint density at radius 2 is 0.955 bits per heavy atom. The lowest BCUT2D eigenvalue weighted by atomic mass is 9.96. The third kappa shape index (κ3) is 16.1. The molecule has 0 saturated carbocycles. The molecule has 0 aromatic heterocycles.